The van der Waals surface area contributed by atoms with Gasteiger partial charge in [0.25, 0.3) is 0 Å². The van der Waals surface area contributed by atoms with Crippen LogP contribution in [-0.4, -0.2) is 36.4 Å². The fraction of sp³-hybridized carbons (Fsp3) is 0.419. The minimum atomic E-state index is -1.45. The summed E-state index contributed by atoms with van der Waals surface area (Å²) in [4.78, 5) is 5.01. The van der Waals surface area contributed by atoms with Crippen LogP contribution < -0.4 is 9.78 Å². The summed E-state index contributed by atoms with van der Waals surface area (Å²) in [6.07, 6.45) is 23.0. The van der Waals surface area contributed by atoms with E-state index in [2.05, 4.69) is 150 Å². The SMILES string of the molecule is C=C/C(=C\C=C1/CC2=CCC=CC2=C1C(=C/C)/[Se](=C\C)c1ccccc1NCC(C)C)N(CC(C)C)C1=C(C)CCC=C1C.CC. The van der Waals surface area contributed by atoms with Crippen molar-refractivity contribution in [2.45, 2.75) is 94.9 Å². The zero-order chi connectivity index (χ0) is 33.8. The van der Waals surface area contributed by atoms with Crippen LogP contribution in [0, 0.1) is 11.8 Å². The second kappa shape index (κ2) is 18.3. The summed E-state index contributed by atoms with van der Waals surface area (Å²) >= 11 is -1.45. The maximum atomic E-state index is 4.31. The van der Waals surface area contributed by atoms with E-state index in [1.807, 2.05) is 13.8 Å². The van der Waals surface area contributed by atoms with Gasteiger partial charge in [-0.2, -0.15) is 0 Å². The standard InChI is InChI=1S/C41H54N2Se.C2H6/c1-10-35(43(28-30(6)7)41-31(8)18-17-19-32(41)9)25-24-34-26-33-20-13-14-21-36(33)40(34)38(11-2)44(12-3)39-23-16-15-22-37(39)42-27-29(4)5;1-2/h10-12,14-16,18,20-25,29-30,42H,1,13,17,19,26-28H2,2-9H3;1-2H3/b34-24+,35-25+,38-11-;. The molecular formula is C43H60N2Se. The van der Waals surface area contributed by atoms with Gasteiger partial charge in [0.05, 0.1) is 0 Å². The molecular weight excluding hydrogens is 623 g/mol. The van der Waals surface area contributed by atoms with Crippen LogP contribution in [0.2, 0.25) is 0 Å². The van der Waals surface area contributed by atoms with Crippen LogP contribution in [0.3, 0.4) is 0 Å². The molecule has 0 heterocycles. The number of allylic oxidation sites excluding steroid dienone is 15. The van der Waals surface area contributed by atoms with Crippen LogP contribution in [0.25, 0.3) is 0 Å². The molecule has 3 heteroatoms. The number of nitrogens with one attached hydrogen (secondary N) is 1. The molecule has 0 radical (unpaired) electrons. The van der Waals surface area contributed by atoms with Gasteiger partial charge < -0.3 is 0 Å². The molecule has 3 aliphatic carbocycles. The van der Waals surface area contributed by atoms with Crippen molar-refractivity contribution in [2.75, 3.05) is 18.4 Å². The van der Waals surface area contributed by atoms with Gasteiger partial charge in [-0.15, -0.1) is 0 Å². The average molecular weight is 684 g/mol. The summed E-state index contributed by atoms with van der Waals surface area (Å²) in [6, 6.07) is 8.99. The topological polar surface area (TPSA) is 15.3 Å². The average Bonchev–Trinajstić information content (AvgIpc) is 3.41. The quantitative estimate of drug-likeness (QED) is 0.174. The van der Waals surface area contributed by atoms with Crippen molar-refractivity contribution in [1.82, 2.24) is 4.90 Å². The van der Waals surface area contributed by atoms with Crippen LogP contribution in [0.5, 0.6) is 0 Å². The second-order valence-corrected chi connectivity index (χ2v) is 17.1. The third-order valence-corrected chi connectivity index (χ3v) is 13.1. The summed E-state index contributed by atoms with van der Waals surface area (Å²) in [5.74, 6) is 1.13. The van der Waals surface area contributed by atoms with E-state index in [0.717, 1.165) is 38.8 Å². The molecule has 0 spiro atoms. The van der Waals surface area contributed by atoms with Crippen molar-refractivity contribution in [3.05, 3.63) is 129 Å². The number of anilines is 1. The van der Waals surface area contributed by atoms with Crippen LogP contribution in [-0.2, 0) is 0 Å². The first kappa shape index (κ1) is 37.3. The molecule has 0 amide bonds. The van der Waals surface area contributed by atoms with E-state index in [1.165, 1.54) is 59.5 Å². The molecule has 1 aromatic rings. The summed E-state index contributed by atoms with van der Waals surface area (Å²) in [6.45, 7) is 28.5. The molecule has 0 aliphatic heterocycles. The molecule has 3 aliphatic rings. The number of rotatable bonds is 12. The summed E-state index contributed by atoms with van der Waals surface area (Å²) in [5.41, 5.74) is 12.4. The number of hydrogen-bond acceptors (Lipinski definition) is 2. The van der Waals surface area contributed by atoms with Gasteiger partial charge in [-0.05, 0) is 0 Å². The van der Waals surface area contributed by atoms with E-state index < -0.39 is 13.5 Å². The monoisotopic (exact) mass is 684 g/mol. The van der Waals surface area contributed by atoms with Crippen molar-refractivity contribution >= 4 is 28.5 Å². The molecule has 0 fully saturated rings. The number of nitrogens with zero attached hydrogens (tertiary/aromatic N) is 1. The Morgan fingerprint density at radius 3 is 2.41 bits per heavy atom. The van der Waals surface area contributed by atoms with Crippen molar-refractivity contribution in [3.8, 4) is 0 Å². The second-order valence-electron chi connectivity index (χ2n) is 12.9. The van der Waals surface area contributed by atoms with E-state index in [0.29, 0.717) is 11.8 Å². The Morgan fingerprint density at radius 2 is 1.78 bits per heavy atom. The van der Waals surface area contributed by atoms with Gasteiger partial charge in [-0.1, -0.05) is 13.8 Å². The molecule has 0 saturated heterocycles. The molecule has 4 rings (SSSR count). The van der Waals surface area contributed by atoms with Crippen molar-refractivity contribution in [2.24, 2.45) is 11.8 Å². The molecule has 248 valence electrons. The molecule has 2 nitrogen and oxygen atoms in total. The maximum absolute atomic E-state index is 4.31. The van der Waals surface area contributed by atoms with Gasteiger partial charge in [0.2, 0.25) is 0 Å². The fourth-order valence-corrected chi connectivity index (χ4v) is 10.8. The Balaban J connectivity index is 0.00000282. The molecule has 1 atom stereocenters. The Hall–Kier alpha value is -3.13. The van der Waals surface area contributed by atoms with Gasteiger partial charge >= 0.3 is 274 Å². The minimum Gasteiger partial charge on any atom is -0.0683 e. The van der Waals surface area contributed by atoms with Crippen LogP contribution in [0.1, 0.15) is 94.9 Å². The summed E-state index contributed by atoms with van der Waals surface area (Å²) < 4.78 is 2.96. The number of hydrogen-bond donors (Lipinski definition) is 1. The number of benzene rings is 1. The van der Waals surface area contributed by atoms with E-state index >= 15 is 0 Å². The zero-order valence-electron chi connectivity index (χ0n) is 30.5. The zero-order valence-corrected chi connectivity index (χ0v) is 32.2. The first-order valence-electron chi connectivity index (χ1n) is 17.5. The third-order valence-electron chi connectivity index (χ3n) is 8.45. The van der Waals surface area contributed by atoms with Gasteiger partial charge in [0.15, 0.2) is 0 Å². The fourth-order valence-electron chi connectivity index (χ4n) is 6.44. The van der Waals surface area contributed by atoms with Crippen molar-refractivity contribution in [3.63, 3.8) is 0 Å². The predicted octanol–water partition coefficient (Wildman–Crippen LogP) is 10.9. The van der Waals surface area contributed by atoms with E-state index in [4.69, 9.17) is 0 Å². The van der Waals surface area contributed by atoms with Gasteiger partial charge in [0.1, 0.15) is 0 Å². The first-order chi connectivity index (χ1) is 22.2. The molecule has 0 bridgehead atoms. The molecule has 1 unspecified atom stereocenters. The summed E-state index contributed by atoms with van der Waals surface area (Å²) in [7, 11) is 0. The smallest absolute Gasteiger partial charge is 0.0683 e. The van der Waals surface area contributed by atoms with Crippen molar-refractivity contribution in [1.29, 1.82) is 0 Å². The van der Waals surface area contributed by atoms with E-state index in [1.54, 1.807) is 0 Å². The minimum absolute atomic E-state index is 0.536. The predicted molar refractivity (Wildman–Crippen MR) is 209 cm³/mol. The Kier molecular flexibility index (Phi) is 14.8. The van der Waals surface area contributed by atoms with Crippen LogP contribution in [0.15, 0.2) is 129 Å². The molecule has 1 N–H and O–H groups in total. The first-order valence-corrected chi connectivity index (χ1v) is 20.2. The summed E-state index contributed by atoms with van der Waals surface area (Å²) in [5, 5.41) is 3.77. The Morgan fingerprint density at radius 1 is 1.04 bits per heavy atom. The normalized spacial score (nSPS) is 18.5. The molecule has 46 heavy (non-hydrogen) atoms. The van der Waals surface area contributed by atoms with E-state index in [9.17, 15) is 0 Å². The Labute approximate surface area is 286 Å². The Bertz CT molecular complexity index is 1530. The number of fused-ring (bicyclic) bond motifs is 1. The number of para-hydroxylation sites is 1. The molecule has 0 aromatic heterocycles. The van der Waals surface area contributed by atoms with Gasteiger partial charge in [0, 0.05) is 0 Å². The molecule has 1 aromatic carbocycles. The van der Waals surface area contributed by atoms with Crippen molar-refractivity contribution < 1.29 is 0 Å². The third kappa shape index (κ3) is 9.02. The largest absolute Gasteiger partial charge is 0.0683 e. The van der Waals surface area contributed by atoms with Gasteiger partial charge in [-0.3, -0.25) is 0 Å². The van der Waals surface area contributed by atoms with Crippen LogP contribution in [0.4, 0.5) is 5.69 Å². The molecule has 0 saturated carbocycles. The van der Waals surface area contributed by atoms with E-state index in [-0.39, 0.29) is 0 Å². The van der Waals surface area contributed by atoms with Gasteiger partial charge in [-0.25, -0.2) is 0 Å². The maximum Gasteiger partial charge on any atom is -0.0683 e. The van der Waals surface area contributed by atoms with Crippen LogP contribution >= 0.6 is 0 Å².